The van der Waals surface area contributed by atoms with Crippen molar-refractivity contribution in [2.45, 2.75) is 13.5 Å². The quantitative estimate of drug-likeness (QED) is 0.485. The largest absolute Gasteiger partial charge is 0.439 e. The number of benzene rings is 1. The van der Waals surface area contributed by atoms with Gasteiger partial charge >= 0.3 is 0 Å². The standard InChI is InChI=1S/C16H22N4O2/c1-12-4-6-13(7-5-12)14-10-19-15(22-14)11-20-16(17-2)18-8-9-21-3/h4-7,10H,8-9,11H2,1-3H3,(H2,17,18,20). The third-order valence-corrected chi connectivity index (χ3v) is 3.12. The first kappa shape index (κ1) is 16.0. The Morgan fingerprint density at radius 2 is 2.05 bits per heavy atom. The van der Waals surface area contributed by atoms with Crippen LogP contribution in [-0.2, 0) is 11.3 Å². The summed E-state index contributed by atoms with van der Waals surface area (Å²) < 4.78 is 10.7. The predicted octanol–water partition coefficient (Wildman–Crippen LogP) is 1.96. The molecule has 0 aliphatic heterocycles. The molecule has 6 nitrogen and oxygen atoms in total. The zero-order valence-electron chi connectivity index (χ0n) is 13.2. The van der Waals surface area contributed by atoms with Crippen LogP contribution in [0.3, 0.4) is 0 Å². The van der Waals surface area contributed by atoms with E-state index < -0.39 is 0 Å². The van der Waals surface area contributed by atoms with Gasteiger partial charge in [-0.15, -0.1) is 0 Å². The Labute approximate surface area is 130 Å². The highest BCUT2D eigenvalue weighted by atomic mass is 16.5. The molecule has 0 unspecified atom stereocenters. The number of aryl methyl sites for hydroxylation is 1. The summed E-state index contributed by atoms with van der Waals surface area (Å²) in [5.74, 6) is 2.07. The topological polar surface area (TPSA) is 71.7 Å². The average molecular weight is 302 g/mol. The van der Waals surface area contributed by atoms with Crippen LogP contribution in [0.5, 0.6) is 0 Å². The molecule has 0 spiro atoms. The summed E-state index contributed by atoms with van der Waals surface area (Å²) in [6.45, 7) is 3.84. The maximum atomic E-state index is 5.75. The lowest BCUT2D eigenvalue weighted by atomic mass is 10.1. The molecule has 0 amide bonds. The average Bonchev–Trinajstić information content (AvgIpc) is 3.00. The van der Waals surface area contributed by atoms with E-state index in [4.69, 9.17) is 9.15 Å². The summed E-state index contributed by atoms with van der Waals surface area (Å²) in [6, 6.07) is 8.16. The zero-order valence-corrected chi connectivity index (χ0v) is 13.2. The molecule has 0 bridgehead atoms. The van der Waals surface area contributed by atoms with Crippen LogP contribution in [0.15, 0.2) is 39.9 Å². The van der Waals surface area contributed by atoms with Gasteiger partial charge in [-0.1, -0.05) is 29.8 Å². The van der Waals surface area contributed by atoms with E-state index in [1.54, 1.807) is 20.4 Å². The minimum absolute atomic E-state index is 0.471. The molecular formula is C16H22N4O2. The number of aliphatic imine (C=N–C) groups is 1. The smallest absolute Gasteiger partial charge is 0.214 e. The Hall–Kier alpha value is -2.34. The highest BCUT2D eigenvalue weighted by Gasteiger charge is 2.07. The Balaban J connectivity index is 1.90. The fourth-order valence-electron chi connectivity index (χ4n) is 1.89. The van der Waals surface area contributed by atoms with Gasteiger partial charge in [-0.3, -0.25) is 4.99 Å². The number of nitrogens with one attached hydrogen (secondary N) is 2. The Bertz CT molecular complexity index is 605. The third kappa shape index (κ3) is 4.60. The molecule has 1 heterocycles. The second kappa shape index (κ2) is 8.19. The van der Waals surface area contributed by atoms with Crippen molar-refractivity contribution in [3.63, 3.8) is 0 Å². The van der Waals surface area contributed by atoms with Crippen molar-refractivity contribution in [1.29, 1.82) is 0 Å². The number of aromatic nitrogens is 1. The summed E-state index contributed by atoms with van der Waals surface area (Å²) in [5.41, 5.74) is 2.24. The molecule has 0 fully saturated rings. The molecule has 2 N–H and O–H groups in total. The zero-order chi connectivity index (χ0) is 15.8. The van der Waals surface area contributed by atoms with Crippen molar-refractivity contribution in [3.05, 3.63) is 41.9 Å². The van der Waals surface area contributed by atoms with Crippen LogP contribution in [0, 0.1) is 6.92 Å². The first-order valence-electron chi connectivity index (χ1n) is 7.18. The van der Waals surface area contributed by atoms with Crippen molar-refractivity contribution in [2.24, 2.45) is 4.99 Å². The Morgan fingerprint density at radius 1 is 1.27 bits per heavy atom. The first-order valence-corrected chi connectivity index (χ1v) is 7.18. The number of hydrogen-bond acceptors (Lipinski definition) is 4. The van der Waals surface area contributed by atoms with Crippen LogP contribution in [-0.4, -0.2) is 38.3 Å². The van der Waals surface area contributed by atoms with Gasteiger partial charge in [0.15, 0.2) is 11.7 Å². The lowest BCUT2D eigenvalue weighted by Crippen LogP contribution is -2.38. The van der Waals surface area contributed by atoms with Crippen molar-refractivity contribution in [1.82, 2.24) is 15.6 Å². The van der Waals surface area contributed by atoms with Gasteiger partial charge in [0, 0.05) is 26.3 Å². The van der Waals surface area contributed by atoms with Gasteiger partial charge in [-0.05, 0) is 6.92 Å². The van der Waals surface area contributed by atoms with E-state index >= 15 is 0 Å². The number of nitrogens with zero attached hydrogens (tertiary/aromatic N) is 2. The number of ether oxygens (including phenoxy) is 1. The molecule has 118 valence electrons. The first-order chi connectivity index (χ1) is 10.7. The monoisotopic (exact) mass is 302 g/mol. The molecule has 0 atom stereocenters. The van der Waals surface area contributed by atoms with Gasteiger partial charge in [0.05, 0.1) is 19.3 Å². The third-order valence-electron chi connectivity index (χ3n) is 3.12. The van der Waals surface area contributed by atoms with E-state index in [2.05, 4.69) is 39.7 Å². The maximum Gasteiger partial charge on any atom is 0.214 e. The lowest BCUT2D eigenvalue weighted by Gasteiger charge is -2.09. The summed E-state index contributed by atoms with van der Waals surface area (Å²) >= 11 is 0. The molecule has 6 heteroatoms. The van der Waals surface area contributed by atoms with Crippen LogP contribution in [0.2, 0.25) is 0 Å². The van der Waals surface area contributed by atoms with Gasteiger partial charge in [-0.25, -0.2) is 4.98 Å². The van der Waals surface area contributed by atoms with Crippen molar-refractivity contribution >= 4 is 5.96 Å². The Morgan fingerprint density at radius 3 is 2.73 bits per heavy atom. The summed E-state index contributed by atoms with van der Waals surface area (Å²) in [7, 11) is 3.38. The van der Waals surface area contributed by atoms with E-state index in [1.165, 1.54) is 5.56 Å². The number of oxazole rings is 1. The van der Waals surface area contributed by atoms with Crippen LogP contribution < -0.4 is 10.6 Å². The summed E-state index contributed by atoms with van der Waals surface area (Å²) in [6.07, 6.45) is 1.74. The van der Waals surface area contributed by atoms with Gasteiger partial charge < -0.3 is 19.8 Å². The molecule has 2 aromatic rings. The molecule has 0 radical (unpaired) electrons. The second-order valence-electron chi connectivity index (χ2n) is 4.83. The normalized spacial score (nSPS) is 11.5. The van der Waals surface area contributed by atoms with Crippen molar-refractivity contribution in [2.75, 3.05) is 27.3 Å². The van der Waals surface area contributed by atoms with E-state index in [0.717, 1.165) is 11.3 Å². The van der Waals surface area contributed by atoms with E-state index in [-0.39, 0.29) is 0 Å². The number of rotatable bonds is 6. The van der Waals surface area contributed by atoms with Crippen molar-refractivity contribution in [3.8, 4) is 11.3 Å². The van der Waals surface area contributed by atoms with Crippen LogP contribution in [0.25, 0.3) is 11.3 Å². The SMILES string of the molecule is CN=C(NCCOC)NCc1ncc(-c2ccc(C)cc2)o1. The molecule has 1 aromatic carbocycles. The van der Waals surface area contributed by atoms with E-state index in [9.17, 15) is 0 Å². The second-order valence-corrected chi connectivity index (χ2v) is 4.83. The molecule has 0 aliphatic rings. The molecule has 0 saturated heterocycles. The summed E-state index contributed by atoms with van der Waals surface area (Å²) in [4.78, 5) is 8.40. The summed E-state index contributed by atoms with van der Waals surface area (Å²) in [5, 5.41) is 6.28. The molecule has 2 rings (SSSR count). The van der Waals surface area contributed by atoms with E-state index in [0.29, 0.717) is 31.5 Å². The fourth-order valence-corrected chi connectivity index (χ4v) is 1.89. The lowest BCUT2D eigenvalue weighted by molar-refractivity contribution is 0.203. The van der Waals surface area contributed by atoms with Gasteiger partial charge in [0.1, 0.15) is 0 Å². The minimum Gasteiger partial charge on any atom is -0.439 e. The highest BCUT2D eigenvalue weighted by molar-refractivity contribution is 5.79. The number of guanidine groups is 1. The minimum atomic E-state index is 0.471. The van der Waals surface area contributed by atoms with Gasteiger partial charge in [-0.2, -0.15) is 0 Å². The van der Waals surface area contributed by atoms with Crippen LogP contribution >= 0.6 is 0 Å². The molecule has 0 saturated carbocycles. The Kier molecular flexibility index (Phi) is 5.97. The maximum absolute atomic E-state index is 5.75. The van der Waals surface area contributed by atoms with Crippen LogP contribution in [0.4, 0.5) is 0 Å². The predicted molar refractivity (Wildman–Crippen MR) is 86.8 cm³/mol. The fraction of sp³-hybridized carbons (Fsp3) is 0.375. The molecule has 22 heavy (non-hydrogen) atoms. The van der Waals surface area contributed by atoms with Gasteiger partial charge in [0.25, 0.3) is 0 Å². The highest BCUT2D eigenvalue weighted by Crippen LogP contribution is 2.20. The number of hydrogen-bond donors (Lipinski definition) is 2. The van der Waals surface area contributed by atoms with E-state index in [1.807, 2.05) is 12.1 Å². The molecule has 0 aliphatic carbocycles. The van der Waals surface area contributed by atoms with Crippen molar-refractivity contribution < 1.29 is 9.15 Å². The molecular weight excluding hydrogens is 280 g/mol. The number of methoxy groups -OCH3 is 1. The van der Waals surface area contributed by atoms with Gasteiger partial charge in [0.2, 0.25) is 5.89 Å². The van der Waals surface area contributed by atoms with Crippen LogP contribution in [0.1, 0.15) is 11.5 Å². The molecule has 1 aromatic heterocycles.